The largest absolute Gasteiger partial charge is 0.481 e. The number of hydrogen-bond donors (Lipinski definition) is 3. The number of carboxylic acids is 1. The van der Waals surface area contributed by atoms with E-state index in [1.807, 2.05) is 0 Å². The second-order valence-electron chi connectivity index (χ2n) is 3.59. The quantitative estimate of drug-likeness (QED) is 0.694. The molecule has 94 valence electrons. The van der Waals surface area contributed by atoms with Crippen molar-refractivity contribution < 1.29 is 24.5 Å². The van der Waals surface area contributed by atoms with Gasteiger partial charge < -0.3 is 15.3 Å². The van der Waals surface area contributed by atoms with Crippen LogP contribution in [0, 0.1) is 5.82 Å². The molecule has 1 rings (SSSR count). The predicted molar refractivity (Wildman–Crippen MR) is 59.4 cm³/mol. The molecule has 1 aromatic rings. The number of carbonyl (C=O) groups is 1. The molecule has 2 unspecified atom stereocenters. The van der Waals surface area contributed by atoms with Gasteiger partial charge in [-0.2, -0.15) is 0 Å². The van der Waals surface area contributed by atoms with Gasteiger partial charge in [0, 0.05) is 5.56 Å². The normalized spacial score (nSPS) is 14.4. The topological polar surface area (TPSA) is 77.8 Å². The average Bonchev–Trinajstić information content (AvgIpc) is 2.26. The maximum Gasteiger partial charge on any atom is 0.307 e. The monoisotopic (exact) mass is 262 g/mol. The van der Waals surface area contributed by atoms with Crippen LogP contribution in [-0.2, 0) is 11.2 Å². The van der Waals surface area contributed by atoms with Crippen LogP contribution in [0.3, 0.4) is 0 Å². The zero-order chi connectivity index (χ0) is 13.0. The van der Waals surface area contributed by atoms with E-state index >= 15 is 0 Å². The lowest BCUT2D eigenvalue weighted by atomic mass is 10.0. The van der Waals surface area contributed by atoms with E-state index in [0.717, 1.165) is 6.07 Å². The highest BCUT2D eigenvalue weighted by Crippen LogP contribution is 2.22. The summed E-state index contributed by atoms with van der Waals surface area (Å²) in [6.45, 7) is 0. The maximum absolute atomic E-state index is 13.5. The van der Waals surface area contributed by atoms with Crippen molar-refractivity contribution in [2.45, 2.75) is 18.6 Å². The van der Waals surface area contributed by atoms with E-state index in [0.29, 0.717) is 0 Å². The first-order valence-electron chi connectivity index (χ1n) is 4.88. The second-order valence-corrected chi connectivity index (χ2v) is 3.90. The lowest BCUT2D eigenvalue weighted by Gasteiger charge is -2.16. The van der Waals surface area contributed by atoms with E-state index in [4.69, 9.17) is 16.7 Å². The van der Waals surface area contributed by atoms with Crippen LogP contribution in [0.2, 0.25) is 0 Å². The molecule has 0 aliphatic carbocycles. The summed E-state index contributed by atoms with van der Waals surface area (Å²) < 4.78 is 13.5. The minimum Gasteiger partial charge on any atom is -0.481 e. The molecule has 0 fully saturated rings. The Labute approximate surface area is 102 Å². The summed E-state index contributed by atoms with van der Waals surface area (Å²) in [5.41, 5.74) is 0.179. The molecule has 4 nitrogen and oxygen atoms in total. The standard InChI is InChI=1S/C11H12ClFO4/c12-5-9(14)11(17)7-2-1-6(3-8(7)13)4-10(15)16/h1-3,9,11,14,17H,4-5H2,(H,15,16). The molecular weight excluding hydrogens is 251 g/mol. The number of hydrogen-bond acceptors (Lipinski definition) is 3. The molecule has 0 aliphatic heterocycles. The molecule has 0 amide bonds. The predicted octanol–water partition coefficient (Wildman–Crippen LogP) is 1.09. The molecular formula is C11H12ClFO4. The first-order valence-corrected chi connectivity index (χ1v) is 5.41. The Kier molecular flexibility index (Phi) is 4.86. The third-order valence-electron chi connectivity index (χ3n) is 2.26. The Balaban J connectivity index is 2.93. The SMILES string of the molecule is O=C(O)Cc1ccc(C(O)C(O)CCl)c(F)c1. The summed E-state index contributed by atoms with van der Waals surface area (Å²) in [6.07, 6.45) is -2.99. The third kappa shape index (κ3) is 3.66. The first kappa shape index (κ1) is 13.9. The summed E-state index contributed by atoms with van der Waals surface area (Å²) in [5, 5.41) is 27.4. The van der Waals surface area contributed by atoms with Crippen molar-refractivity contribution >= 4 is 17.6 Å². The van der Waals surface area contributed by atoms with Crippen LogP contribution < -0.4 is 0 Å². The van der Waals surface area contributed by atoms with Crippen LogP contribution in [-0.4, -0.2) is 33.3 Å². The average molecular weight is 263 g/mol. The van der Waals surface area contributed by atoms with Gasteiger partial charge in [-0.15, -0.1) is 11.6 Å². The molecule has 3 N–H and O–H groups in total. The number of aliphatic hydroxyl groups excluding tert-OH is 2. The first-order chi connectivity index (χ1) is 7.95. The number of aliphatic carboxylic acids is 1. The minimum atomic E-state index is -1.42. The Morgan fingerprint density at radius 3 is 2.53 bits per heavy atom. The van der Waals surface area contributed by atoms with Crippen molar-refractivity contribution in [2.24, 2.45) is 0 Å². The van der Waals surface area contributed by atoms with Gasteiger partial charge in [0.25, 0.3) is 0 Å². The lowest BCUT2D eigenvalue weighted by Crippen LogP contribution is -2.20. The van der Waals surface area contributed by atoms with E-state index in [1.165, 1.54) is 12.1 Å². The third-order valence-corrected chi connectivity index (χ3v) is 2.58. The molecule has 0 saturated heterocycles. The highest BCUT2D eigenvalue weighted by Gasteiger charge is 2.21. The molecule has 1 aromatic carbocycles. The van der Waals surface area contributed by atoms with Gasteiger partial charge in [-0.25, -0.2) is 4.39 Å². The Hall–Kier alpha value is -1.17. The fraction of sp³-hybridized carbons (Fsp3) is 0.364. The molecule has 0 aliphatic rings. The number of rotatable bonds is 5. The summed E-state index contributed by atoms with van der Waals surface area (Å²) in [6, 6.07) is 3.65. The van der Waals surface area contributed by atoms with Gasteiger partial charge in [0.2, 0.25) is 0 Å². The van der Waals surface area contributed by atoms with E-state index in [-0.39, 0.29) is 23.4 Å². The Bertz CT molecular complexity index is 410. The highest BCUT2D eigenvalue weighted by atomic mass is 35.5. The van der Waals surface area contributed by atoms with Crippen molar-refractivity contribution in [3.63, 3.8) is 0 Å². The van der Waals surface area contributed by atoms with Crippen LogP contribution in [0.1, 0.15) is 17.2 Å². The fourth-order valence-corrected chi connectivity index (χ4v) is 1.56. The zero-order valence-electron chi connectivity index (χ0n) is 8.81. The number of halogens is 2. The van der Waals surface area contributed by atoms with Gasteiger partial charge in [-0.05, 0) is 11.6 Å². The summed E-state index contributed by atoms with van der Waals surface area (Å²) in [5.74, 6) is -2.06. The van der Waals surface area contributed by atoms with Gasteiger partial charge in [0.15, 0.2) is 0 Å². The molecule has 0 spiro atoms. The van der Waals surface area contributed by atoms with Crippen LogP contribution in [0.5, 0.6) is 0 Å². The molecule has 2 atom stereocenters. The van der Waals surface area contributed by atoms with Crippen LogP contribution in [0.15, 0.2) is 18.2 Å². The molecule has 0 heterocycles. The van der Waals surface area contributed by atoms with Crippen molar-refractivity contribution in [3.8, 4) is 0 Å². The highest BCUT2D eigenvalue weighted by molar-refractivity contribution is 6.18. The Morgan fingerprint density at radius 1 is 1.41 bits per heavy atom. The molecule has 0 radical (unpaired) electrons. The molecule has 0 aromatic heterocycles. The smallest absolute Gasteiger partial charge is 0.307 e. The summed E-state index contributed by atoms with van der Waals surface area (Å²) in [7, 11) is 0. The van der Waals surface area contributed by atoms with E-state index in [2.05, 4.69) is 0 Å². The molecule has 0 bridgehead atoms. The van der Waals surface area contributed by atoms with Crippen LogP contribution in [0.4, 0.5) is 4.39 Å². The van der Waals surface area contributed by atoms with Gasteiger partial charge in [0.05, 0.1) is 18.4 Å². The van der Waals surface area contributed by atoms with Crippen molar-refractivity contribution in [2.75, 3.05) is 5.88 Å². The molecule has 6 heteroatoms. The van der Waals surface area contributed by atoms with Crippen LogP contribution in [0.25, 0.3) is 0 Å². The van der Waals surface area contributed by atoms with Crippen LogP contribution >= 0.6 is 11.6 Å². The van der Waals surface area contributed by atoms with Gasteiger partial charge in [0.1, 0.15) is 11.9 Å². The fourth-order valence-electron chi connectivity index (χ4n) is 1.39. The van der Waals surface area contributed by atoms with Gasteiger partial charge >= 0.3 is 5.97 Å². The summed E-state index contributed by atoms with van der Waals surface area (Å²) in [4.78, 5) is 10.4. The minimum absolute atomic E-state index is 0.104. The van der Waals surface area contributed by atoms with Crippen molar-refractivity contribution in [1.82, 2.24) is 0 Å². The lowest BCUT2D eigenvalue weighted by molar-refractivity contribution is -0.136. The van der Waals surface area contributed by atoms with Crippen molar-refractivity contribution in [3.05, 3.63) is 35.1 Å². The van der Waals surface area contributed by atoms with E-state index in [1.54, 1.807) is 0 Å². The molecule has 0 saturated carbocycles. The number of benzene rings is 1. The number of alkyl halides is 1. The number of aliphatic hydroxyl groups is 2. The van der Waals surface area contributed by atoms with E-state index in [9.17, 15) is 19.4 Å². The van der Waals surface area contributed by atoms with Crippen molar-refractivity contribution in [1.29, 1.82) is 0 Å². The number of carboxylic acid groups (broad SMARTS) is 1. The molecule has 17 heavy (non-hydrogen) atoms. The van der Waals surface area contributed by atoms with Gasteiger partial charge in [-0.3, -0.25) is 4.79 Å². The zero-order valence-corrected chi connectivity index (χ0v) is 9.56. The Morgan fingerprint density at radius 2 is 2.06 bits per heavy atom. The maximum atomic E-state index is 13.5. The summed E-state index contributed by atoms with van der Waals surface area (Å²) >= 11 is 5.34. The van der Waals surface area contributed by atoms with Gasteiger partial charge in [-0.1, -0.05) is 12.1 Å². The second kappa shape index (κ2) is 5.95. The van der Waals surface area contributed by atoms with E-state index < -0.39 is 24.0 Å².